The second kappa shape index (κ2) is 5.14. The van der Waals surface area contributed by atoms with Crippen molar-refractivity contribution in [2.75, 3.05) is 13.2 Å². The molecule has 0 radical (unpaired) electrons. The Morgan fingerprint density at radius 2 is 2.00 bits per heavy atom. The fourth-order valence-electron chi connectivity index (χ4n) is 2.44. The maximum absolute atomic E-state index is 11.6. The number of rotatable bonds is 7. The van der Waals surface area contributed by atoms with Crippen LogP contribution in [-0.4, -0.2) is 41.4 Å². The first kappa shape index (κ1) is 13.1. The molecule has 0 saturated heterocycles. The summed E-state index contributed by atoms with van der Waals surface area (Å²) in [5.74, 6) is -0.368. The van der Waals surface area contributed by atoms with Gasteiger partial charge in [0.1, 0.15) is 6.04 Å². The summed E-state index contributed by atoms with van der Waals surface area (Å²) in [5, 5.41) is 22.7. The summed E-state index contributed by atoms with van der Waals surface area (Å²) in [4.78, 5) is 22.4. The number of nitrogens with one attached hydrogen (secondary N) is 2. The Kier molecular flexibility index (Phi) is 3.75. The first-order valence-corrected chi connectivity index (χ1v) is 6.45. The van der Waals surface area contributed by atoms with E-state index < -0.39 is 18.0 Å². The van der Waals surface area contributed by atoms with Crippen LogP contribution in [0.4, 0.5) is 4.79 Å². The summed E-state index contributed by atoms with van der Waals surface area (Å²) in [5.41, 5.74) is 0.299. The van der Waals surface area contributed by atoms with Crippen molar-refractivity contribution >= 4 is 12.0 Å². The minimum absolute atomic E-state index is 0.0243. The number of amides is 2. The molecule has 2 amide bonds. The molecule has 1 atom stereocenters. The van der Waals surface area contributed by atoms with Crippen molar-refractivity contribution in [1.82, 2.24) is 10.6 Å². The van der Waals surface area contributed by atoms with Gasteiger partial charge in [0, 0.05) is 19.6 Å². The Bertz CT molecular complexity index is 337. The molecular formula is C12H20N2O4. The third kappa shape index (κ3) is 3.13. The molecule has 2 rings (SSSR count). The minimum atomic E-state index is -1.12. The second-order valence-electron chi connectivity index (χ2n) is 5.37. The summed E-state index contributed by atoms with van der Waals surface area (Å²) < 4.78 is 0. The lowest BCUT2D eigenvalue weighted by atomic mass is 10.0. The van der Waals surface area contributed by atoms with Crippen molar-refractivity contribution in [1.29, 1.82) is 0 Å². The van der Waals surface area contributed by atoms with Crippen molar-refractivity contribution in [2.24, 2.45) is 11.3 Å². The second-order valence-corrected chi connectivity index (χ2v) is 5.37. The summed E-state index contributed by atoms with van der Waals surface area (Å²) in [7, 11) is 0. The smallest absolute Gasteiger partial charge is 0.326 e. The molecule has 0 spiro atoms. The zero-order valence-corrected chi connectivity index (χ0v) is 10.3. The predicted molar refractivity (Wildman–Crippen MR) is 64.1 cm³/mol. The van der Waals surface area contributed by atoms with E-state index in [1.54, 1.807) is 0 Å². The Hall–Kier alpha value is -1.30. The summed E-state index contributed by atoms with van der Waals surface area (Å²) in [6.45, 7) is 0.373. The molecule has 1 unspecified atom stereocenters. The van der Waals surface area contributed by atoms with Gasteiger partial charge in [-0.25, -0.2) is 9.59 Å². The van der Waals surface area contributed by atoms with Gasteiger partial charge in [-0.3, -0.25) is 0 Å². The molecule has 0 bridgehead atoms. The van der Waals surface area contributed by atoms with Crippen LogP contribution in [0, 0.1) is 11.3 Å². The van der Waals surface area contributed by atoms with Crippen LogP contribution in [0.15, 0.2) is 0 Å². The van der Waals surface area contributed by atoms with E-state index in [-0.39, 0.29) is 13.0 Å². The van der Waals surface area contributed by atoms with E-state index >= 15 is 0 Å². The van der Waals surface area contributed by atoms with Crippen molar-refractivity contribution in [3.05, 3.63) is 0 Å². The predicted octanol–water partition coefficient (Wildman–Crippen LogP) is 0.311. The lowest BCUT2D eigenvalue weighted by Gasteiger charge is -2.18. The number of hydrogen-bond donors (Lipinski definition) is 4. The highest BCUT2D eigenvalue weighted by molar-refractivity contribution is 5.82. The number of aliphatic hydroxyl groups is 1. The topological polar surface area (TPSA) is 98.7 Å². The Morgan fingerprint density at radius 1 is 1.33 bits per heavy atom. The number of carbonyl (C=O) groups is 2. The Morgan fingerprint density at radius 3 is 2.44 bits per heavy atom. The fraction of sp³-hybridized carbons (Fsp3) is 0.833. The van der Waals surface area contributed by atoms with Gasteiger partial charge in [0.15, 0.2) is 0 Å². The molecule has 0 heterocycles. The van der Waals surface area contributed by atoms with Gasteiger partial charge in [-0.05, 0) is 37.0 Å². The van der Waals surface area contributed by atoms with Gasteiger partial charge in [0.2, 0.25) is 0 Å². The molecule has 6 heteroatoms. The molecule has 0 aromatic heterocycles. The van der Waals surface area contributed by atoms with Crippen molar-refractivity contribution < 1.29 is 19.8 Å². The fourth-order valence-corrected chi connectivity index (χ4v) is 2.44. The maximum Gasteiger partial charge on any atom is 0.326 e. The average Bonchev–Trinajstić information content (AvgIpc) is 3.15. The third-order valence-electron chi connectivity index (χ3n) is 3.96. The standard InChI is InChI=1S/C12H20N2O4/c15-6-3-9(10(16)17)14-11(18)13-7-12(4-5-12)8-1-2-8/h8-9,15H,1-7H2,(H,16,17)(H2,13,14,18). The number of aliphatic carboxylic acids is 1. The zero-order valence-electron chi connectivity index (χ0n) is 10.3. The van der Waals surface area contributed by atoms with Gasteiger partial charge in [-0.1, -0.05) is 0 Å². The van der Waals surface area contributed by atoms with E-state index in [0.717, 1.165) is 18.8 Å². The molecule has 2 saturated carbocycles. The number of carboxylic acid groups (broad SMARTS) is 1. The number of urea groups is 1. The van der Waals surface area contributed by atoms with E-state index in [4.69, 9.17) is 10.2 Å². The molecule has 2 aliphatic carbocycles. The van der Waals surface area contributed by atoms with Gasteiger partial charge < -0.3 is 20.8 Å². The van der Waals surface area contributed by atoms with E-state index in [1.807, 2.05) is 0 Å². The number of aliphatic hydroxyl groups excluding tert-OH is 1. The van der Waals surface area contributed by atoms with Crippen LogP contribution in [0.1, 0.15) is 32.1 Å². The molecule has 2 fully saturated rings. The summed E-state index contributed by atoms with van der Waals surface area (Å²) in [6, 6.07) is -1.48. The maximum atomic E-state index is 11.6. The average molecular weight is 256 g/mol. The monoisotopic (exact) mass is 256 g/mol. The molecule has 18 heavy (non-hydrogen) atoms. The largest absolute Gasteiger partial charge is 0.480 e. The van der Waals surface area contributed by atoms with Crippen molar-refractivity contribution in [3.63, 3.8) is 0 Å². The van der Waals surface area contributed by atoms with Gasteiger partial charge >= 0.3 is 12.0 Å². The van der Waals surface area contributed by atoms with Gasteiger partial charge in [0.25, 0.3) is 0 Å². The molecule has 2 aliphatic rings. The highest BCUT2D eigenvalue weighted by Gasteiger charge is 2.53. The Balaban J connectivity index is 1.72. The molecular weight excluding hydrogens is 236 g/mol. The van der Waals surface area contributed by atoms with Crippen LogP contribution in [0.25, 0.3) is 0 Å². The van der Waals surface area contributed by atoms with Crippen LogP contribution >= 0.6 is 0 Å². The number of hydrogen-bond acceptors (Lipinski definition) is 3. The number of carbonyl (C=O) groups excluding carboxylic acids is 1. The Labute approximate surface area is 106 Å². The van der Waals surface area contributed by atoms with Gasteiger partial charge in [-0.2, -0.15) is 0 Å². The molecule has 0 aliphatic heterocycles. The first-order valence-electron chi connectivity index (χ1n) is 6.45. The van der Waals surface area contributed by atoms with E-state index in [0.29, 0.717) is 12.0 Å². The summed E-state index contributed by atoms with van der Waals surface area (Å²) in [6.07, 6.45) is 4.86. The third-order valence-corrected chi connectivity index (χ3v) is 3.96. The lowest BCUT2D eigenvalue weighted by molar-refractivity contribution is -0.139. The van der Waals surface area contributed by atoms with Crippen LogP contribution < -0.4 is 10.6 Å². The molecule has 6 nitrogen and oxygen atoms in total. The molecule has 0 aromatic carbocycles. The highest BCUT2D eigenvalue weighted by atomic mass is 16.4. The van der Waals surface area contributed by atoms with Crippen LogP contribution in [0.3, 0.4) is 0 Å². The quantitative estimate of drug-likeness (QED) is 0.527. The van der Waals surface area contributed by atoms with Gasteiger partial charge in [0.05, 0.1) is 0 Å². The number of carboxylic acids is 1. The SMILES string of the molecule is O=C(NCC1(C2CC2)CC1)NC(CCO)C(=O)O. The minimum Gasteiger partial charge on any atom is -0.480 e. The van der Waals surface area contributed by atoms with E-state index in [1.165, 1.54) is 12.8 Å². The van der Waals surface area contributed by atoms with Crippen molar-refractivity contribution in [3.8, 4) is 0 Å². The lowest BCUT2D eigenvalue weighted by Crippen LogP contribution is -2.47. The van der Waals surface area contributed by atoms with Crippen LogP contribution in [0.2, 0.25) is 0 Å². The van der Waals surface area contributed by atoms with E-state index in [9.17, 15) is 9.59 Å². The molecule has 102 valence electrons. The van der Waals surface area contributed by atoms with Crippen molar-refractivity contribution in [2.45, 2.75) is 38.1 Å². The highest BCUT2D eigenvalue weighted by Crippen LogP contribution is 2.60. The van der Waals surface area contributed by atoms with Crippen LogP contribution in [-0.2, 0) is 4.79 Å². The van der Waals surface area contributed by atoms with E-state index in [2.05, 4.69) is 10.6 Å². The zero-order chi connectivity index (χ0) is 13.2. The normalized spacial score (nSPS) is 22.1. The molecule has 4 N–H and O–H groups in total. The van der Waals surface area contributed by atoms with Crippen LogP contribution in [0.5, 0.6) is 0 Å². The summed E-state index contributed by atoms with van der Waals surface area (Å²) >= 11 is 0. The molecule has 0 aromatic rings. The first-order chi connectivity index (χ1) is 8.57. The van der Waals surface area contributed by atoms with Gasteiger partial charge in [-0.15, -0.1) is 0 Å².